The molecular formula is C17H34O4S. The van der Waals surface area contributed by atoms with Crippen molar-refractivity contribution in [2.75, 3.05) is 6.26 Å². The Bertz CT molecular complexity index is 376. The first kappa shape index (κ1) is 21.6. The van der Waals surface area contributed by atoms with Gasteiger partial charge in [0.05, 0.1) is 6.26 Å². The van der Waals surface area contributed by atoms with Crippen LogP contribution in [0.1, 0.15) is 90.9 Å². The number of rotatable bonds is 15. The Labute approximate surface area is 137 Å². The van der Waals surface area contributed by atoms with Crippen molar-refractivity contribution in [1.29, 1.82) is 0 Å². The van der Waals surface area contributed by atoms with Gasteiger partial charge in [0.25, 0.3) is 10.1 Å². The summed E-state index contributed by atoms with van der Waals surface area (Å²) in [5.41, 5.74) is 0. The highest BCUT2D eigenvalue weighted by Gasteiger charge is 2.22. The Morgan fingerprint density at radius 1 is 0.864 bits per heavy atom. The third kappa shape index (κ3) is 13.3. The molecule has 5 heteroatoms. The Balaban J connectivity index is 4.17. The summed E-state index contributed by atoms with van der Waals surface area (Å²) in [5.74, 6) is -0.0579. The first-order valence-electron chi connectivity index (χ1n) is 8.81. The van der Waals surface area contributed by atoms with Crippen molar-refractivity contribution >= 4 is 15.9 Å². The third-order valence-corrected chi connectivity index (χ3v) is 4.33. The molecule has 0 saturated heterocycles. The van der Waals surface area contributed by atoms with Crippen LogP contribution in [0.5, 0.6) is 0 Å². The monoisotopic (exact) mass is 334 g/mol. The zero-order chi connectivity index (χ0) is 16.8. The minimum atomic E-state index is -3.58. The molecule has 0 aliphatic carbocycles. The summed E-state index contributed by atoms with van der Waals surface area (Å²) >= 11 is 0. The molecule has 0 aromatic heterocycles. The first-order valence-corrected chi connectivity index (χ1v) is 10.6. The van der Waals surface area contributed by atoms with Gasteiger partial charge >= 0.3 is 0 Å². The van der Waals surface area contributed by atoms with E-state index in [0.29, 0.717) is 12.8 Å². The van der Waals surface area contributed by atoms with E-state index in [9.17, 15) is 13.2 Å². The molecule has 4 nitrogen and oxygen atoms in total. The summed E-state index contributed by atoms with van der Waals surface area (Å²) < 4.78 is 27.7. The standard InChI is InChI=1S/C17H34O4S/c1-4-6-8-10-12-14-16(18)17(21-22(3,19)20)15-13-11-9-7-5-2/h17H,4-15H2,1-3H3. The van der Waals surface area contributed by atoms with Gasteiger partial charge in [-0.15, -0.1) is 0 Å². The quantitative estimate of drug-likeness (QED) is 0.324. The molecule has 0 aliphatic heterocycles. The molecular weight excluding hydrogens is 300 g/mol. The van der Waals surface area contributed by atoms with Crippen molar-refractivity contribution in [3.05, 3.63) is 0 Å². The van der Waals surface area contributed by atoms with Crippen LogP contribution in [0.3, 0.4) is 0 Å². The minimum absolute atomic E-state index is 0.0579. The molecule has 0 spiro atoms. The molecule has 0 aromatic carbocycles. The third-order valence-electron chi connectivity index (χ3n) is 3.75. The Morgan fingerprint density at radius 3 is 1.86 bits per heavy atom. The highest BCUT2D eigenvalue weighted by atomic mass is 32.2. The number of unbranched alkanes of at least 4 members (excludes halogenated alkanes) is 8. The van der Waals surface area contributed by atoms with Crippen LogP contribution in [-0.2, 0) is 19.1 Å². The van der Waals surface area contributed by atoms with Gasteiger partial charge in [-0.3, -0.25) is 8.98 Å². The lowest BCUT2D eigenvalue weighted by molar-refractivity contribution is -0.126. The van der Waals surface area contributed by atoms with Gasteiger partial charge in [0.15, 0.2) is 5.78 Å². The zero-order valence-corrected chi connectivity index (χ0v) is 15.4. The normalized spacial score (nSPS) is 13.2. The van der Waals surface area contributed by atoms with Crippen LogP contribution in [0.2, 0.25) is 0 Å². The number of Topliss-reactive ketones (excluding diaryl/α,β-unsaturated/α-hetero) is 1. The second-order valence-corrected chi connectivity index (χ2v) is 7.72. The highest BCUT2D eigenvalue weighted by molar-refractivity contribution is 7.86. The van der Waals surface area contributed by atoms with Crippen LogP contribution < -0.4 is 0 Å². The lowest BCUT2D eigenvalue weighted by atomic mass is 10.0. The molecule has 0 amide bonds. The van der Waals surface area contributed by atoms with E-state index >= 15 is 0 Å². The smallest absolute Gasteiger partial charge is 0.265 e. The summed E-state index contributed by atoms with van der Waals surface area (Å²) in [6, 6.07) is 0. The second-order valence-electron chi connectivity index (χ2n) is 6.12. The maximum absolute atomic E-state index is 12.2. The molecule has 0 rings (SSSR count). The van der Waals surface area contributed by atoms with Crippen LogP contribution in [0.25, 0.3) is 0 Å². The Morgan fingerprint density at radius 2 is 1.36 bits per heavy atom. The molecule has 1 unspecified atom stereocenters. The second kappa shape index (κ2) is 13.1. The van der Waals surface area contributed by atoms with Crippen LogP contribution in [-0.4, -0.2) is 26.6 Å². The van der Waals surface area contributed by atoms with Crippen LogP contribution in [0.4, 0.5) is 0 Å². The van der Waals surface area contributed by atoms with E-state index in [0.717, 1.165) is 44.8 Å². The average Bonchev–Trinajstić information content (AvgIpc) is 2.44. The van der Waals surface area contributed by atoms with Crippen molar-refractivity contribution < 1.29 is 17.4 Å². The number of hydrogen-bond acceptors (Lipinski definition) is 4. The summed E-state index contributed by atoms with van der Waals surface area (Å²) in [6.07, 6.45) is 11.9. The molecule has 0 aliphatic rings. The predicted octanol–water partition coefficient (Wildman–Crippen LogP) is 4.62. The van der Waals surface area contributed by atoms with Gasteiger partial charge in [0.1, 0.15) is 6.10 Å². The molecule has 0 radical (unpaired) electrons. The lowest BCUT2D eigenvalue weighted by Crippen LogP contribution is -2.27. The predicted molar refractivity (Wildman–Crippen MR) is 91.5 cm³/mol. The largest absolute Gasteiger partial charge is 0.297 e. The molecule has 0 N–H and O–H groups in total. The van der Waals surface area contributed by atoms with Crippen molar-refractivity contribution in [3.8, 4) is 0 Å². The molecule has 0 bridgehead atoms. The fourth-order valence-corrected chi connectivity index (χ4v) is 3.10. The lowest BCUT2D eigenvalue weighted by Gasteiger charge is -2.15. The highest BCUT2D eigenvalue weighted by Crippen LogP contribution is 2.15. The van der Waals surface area contributed by atoms with E-state index in [4.69, 9.17) is 4.18 Å². The Hall–Kier alpha value is -0.420. The summed E-state index contributed by atoms with van der Waals surface area (Å²) in [6.45, 7) is 4.30. The zero-order valence-electron chi connectivity index (χ0n) is 14.6. The van der Waals surface area contributed by atoms with E-state index in [-0.39, 0.29) is 5.78 Å². The Kier molecular flexibility index (Phi) is 12.8. The minimum Gasteiger partial charge on any atom is -0.297 e. The van der Waals surface area contributed by atoms with E-state index < -0.39 is 16.2 Å². The molecule has 0 heterocycles. The SMILES string of the molecule is CCCCCCCC(=O)C(CCCCCCC)OS(C)(=O)=O. The summed E-state index contributed by atoms with van der Waals surface area (Å²) in [5, 5.41) is 0. The average molecular weight is 335 g/mol. The van der Waals surface area contributed by atoms with Crippen molar-refractivity contribution in [1.82, 2.24) is 0 Å². The van der Waals surface area contributed by atoms with E-state index in [2.05, 4.69) is 13.8 Å². The molecule has 132 valence electrons. The van der Waals surface area contributed by atoms with Crippen LogP contribution >= 0.6 is 0 Å². The maximum Gasteiger partial charge on any atom is 0.265 e. The van der Waals surface area contributed by atoms with Crippen LogP contribution in [0, 0.1) is 0 Å². The fourth-order valence-electron chi connectivity index (χ4n) is 2.47. The first-order chi connectivity index (χ1) is 10.4. The van der Waals surface area contributed by atoms with E-state index in [1.807, 2.05) is 0 Å². The van der Waals surface area contributed by atoms with Gasteiger partial charge in [-0.2, -0.15) is 8.42 Å². The van der Waals surface area contributed by atoms with Gasteiger partial charge in [-0.05, 0) is 12.8 Å². The molecule has 0 fully saturated rings. The number of carbonyl (C=O) groups excluding carboxylic acids is 1. The van der Waals surface area contributed by atoms with Gasteiger partial charge in [-0.25, -0.2) is 0 Å². The van der Waals surface area contributed by atoms with E-state index in [1.165, 1.54) is 25.7 Å². The van der Waals surface area contributed by atoms with Crippen molar-refractivity contribution in [3.63, 3.8) is 0 Å². The van der Waals surface area contributed by atoms with E-state index in [1.54, 1.807) is 0 Å². The number of hydrogen-bond donors (Lipinski definition) is 0. The maximum atomic E-state index is 12.2. The molecule has 1 atom stereocenters. The van der Waals surface area contributed by atoms with Crippen molar-refractivity contribution in [2.45, 2.75) is 97.0 Å². The molecule has 0 aromatic rings. The van der Waals surface area contributed by atoms with Gasteiger partial charge in [-0.1, -0.05) is 71.6 Å². The van der Waals surface area contributed by atoms with Gasteiger partial charge < -0.3 is 0 Å². The van der Waals surface area contributed by atoms with Crippen LogP contribution in [0.15, 0.2) is 0 Å². The van der Waals surface area contributed by atoms with Gasteiger partial charge in [0.2, 0.25) is 0 Å². The number of carbonyl (C=O) groups is 1. The fraction of sp³-hybridized carbons (Fsp3) is 0.941. The van der Waals surface area contributed by atoms with Gasteiger partial charge in [0, 0.05) is 6.42 Å². The molecule has 0 saturated carbocycles. The summed E-state index contributed by atoms with van der Waals surface area (Å²) in [4.78, 5) is 12.2. The number of ketones is 1. The molecule has 22 heavy (non-hydrogen) atoms. The topological polar surface area (TPSA) is 60.4 Å². The summed E-state index contributed by atoms with van der Waals surface area (Å²) in [7, 11) is -3.58. The van der Waals surface area contributed by atoms with Crippen molar-refractivity contribution in [2.24, 2.45) is 0 Å².